The van der Waals surface area contributed by atoms with Gasteiger partial charge in [0, 0.05) is 32.3 Å². The van der Waals surface area contributed by atoms with Crippen molar-refractivity contribution in [3.8, 4) is 0 Å². The van der Waals surface area contributed by atoms with E-state index in [2.05, 4.69) is 10.3 Å². The molecule has 0 spiro atoms. The largest absolute Gasteiger partial charge is 0.356 e. The Morgan fingerprint density at radius 1 is 1.71 bits per heavy atom. The number of amides is 1. The van der Waals surface area contributed by atoms with Crippen LogP contribution in [-0.4, -0.2) is 22.0 Å². The van der Waals surface area contributed by atoms with Crippen LogP contribution < -0.4 is 11.1 Å². The number of rotatable bonds is 5. The van der Waals surface area contributed by atoms with Crippen molar-refractivity contribution in [2.24, 2.45) is 5.73 Å². The zero-order chi connectivity index (χ0) is 10.4. The summed E-state index contributed by atoms with van der Waals surface area (Å²) in [5.41, 5.74) is 6.26. The van der Waals surface area contributed by atoms with Gasteiger partial charge in [0.1, 0.15) is 0 Å². The van der Waals surface area contributed by atoms with Gasteiger partial charge in [0.25, 0.3) is 0 Å². The summed E-state index contributed by atoms with van der Waals surface area (Å²) < 4.78 is 1.87. The van der Waals surface area contributed by atoms with Crippen LogP contribution in [0.3, 0.4) is 0 Å². The third-order valence-corrected chi connectivity index (χ3v) is 1.87. The summed E-state index contributed by atoms with van der Waals surface area (Å²) in [4.78, 5) is 15.2. The molecule has 5 heteroatoms. The molecule has 0 bridgehead atoms. The summed E-state index contributed by atoms with van der Waals surface area (Å²) in [7, 11) is 0. The van der Waals surface area contributed by atoms with E-state index in [1.165, 1.54) is 0 Å². The first-order valence-electron chi connectivity index (χ1n) is 4.73. The quantitative estimate of drug-likeness (QED) is 0.689. The Labute approximate surface area is 83.3 Å². The minimum Gasteiger partial charge on any atom is -0.356 e. The van der Waals surface area contributed by atoms with E-state index >= 15 is 0 Å². The van der Waals surface area contributed by atoms with Gasteiger partial charge < -0.3 is 15.6 Å². The van der Waals surface area contributed by atoms with Gasteiger partial charge in [0.05, 0.1) is 12.0 Å². The number of aryl methyl sites for hydroxylation is 1. The molecule has 14 heavy (non-hydrogen) atoms. The highest BCUT2D eigenvalue weighted by atomic mass is 16.1. The molecule has 0 aliphatic heterocycles. The number of nitrogens with zero attached hydrogens (tertiary/aromatic N) is 2. The van der Waals surface area contributed by atoms with Crippen LogP contribution in [0.5, 0.6) is 0 Å². The lowest BCUT2D eigenvalue weighted by atomic mass is 10.4. The maximum atomic E-state index is 11.1. The van der Waals surface area contributed by atoms with Gasteiger partial charge in [0.2, 0.25) is 5.91 Å². The molecule has 0 unspecified atom stereocenters. The van der Waals surface area contributed by atoms with E-state index in [1.807, 2.05) is 17.7 Å². The maximum absolute atomic E-state index is 11.1. The van der Waals surface area contributed by atoms with Gasteiger partial charge in [-0.1, -0.05) is 0 Å². The number of carbonyl (C=O) groups excluding carboxylic acids is 1. The highest BCUT2D eigenvalue weighted by Crippen LogP contribution is 1.96. The highest BCUT2D eigenvalue weighted by Gasteiger charge is 2.00. The summed E-state index contributed by atoms with van der Waals surface area (Å²) >= 11 is 0. The van der Waals surface area contributed by atoms with Crippen LogP contribution in [0.2, 0.25) is 0 Å². The fourth-order valence-electron chi connectivity index (χ4n) is 1.15. The van der Waals surface area contributed by atoms with Crippen LogP contribution in [0, 0.1) is 0 Å². The first kappa shape index (κ1) is 10.7. The van der Waals surface area contributed by atoms with Crippen molar-refractivity contribution in [3.63, 3.8) is 0 Å². The summed E-state index contributed by atoms with van der Waals surface area (Å²) in [5.74, 6) is 0.0653. The molecule has 0 fully saturated rings. The van der Waals surface area contributed by atoms with Crippen molar-refractivity contribution in [1.82, 2.24) is 14.9 Å². The summed E-state index contributed by atoms with van der Waals surface area (Å²) in [6.07, 6.45) is 4.04. The molecule has 1 aromatic heterocycles. The molecule has 0 saturated carbocycles. The SMILES string of the molecule is CCNC(=O)CCn1cnc(CN)c1. The van der Waals surface area contributed by atoms with E-state index in [1.54, 1.807) is 6.33 Å². The molecule has 0 aromatic carbocycles. The van der Waals surface area contributed by atoms with Gasteiger partial charge in [-0.05, 0) is 6.92 Å². The Morgan fingerprint density at radius 3 is 3.07 bits per heavy atom. The fourth-order valence-corrected chi connectivity index (χ4v) is 1.15. The predicted octanol–water partition coefficient (Wildman–Crippen LogP) is -0.132. The zero-order valence-corrected chi connectivity index (χ0v) is 8.36. The van der Waals surface area contributed by atoms with E-state index < -0.39 is 0 Å². The number of hydrogen-bond donors (Lipinski definition) is 2. The first-order valence-corrected chi connectivity index (χ1v) is 4.73. The molecule has 0 aliphatic carbocycles. The number of imidazole rings is 1. The topological polar surface area (TPSA) is 72.9 Å². The molecule has 0 atom stereocenters. The van der Waals surface area contributed by atoms with Crippen molar-refractivity contribution in [3.05, 3.63) is 18.2 Å². The third kappa shape index (κ3) is 3.18. The third-order valence-electron chi connectivity index (χ3n) is 1.87. The fraction of sp³-hybridized carbons (Fsp3) is 0.556. The molecular formula is C9H16N4O. The Morgan fingerprint density at radius 2 is 2.50 bits per heavy atom. The molecule has 1 heterocycles. The monoisotopic (exact) mass is 196 g/mol. The van der Waals surface area contributed by atoms with Crippen LogP contribution in [0.15, 0.2) is 12.5 Å². The van der Waals surface area contributed by atoms with Crippen LogP contribution >= 0.6 is 0 Å². The van der Waals surface area contributed by atoms with E-state index in [4.69, 9.17) is 5.73 Å². The highest BCUT2D eigenvalue weighted by molar-refractivity contribution is 5.75. The number of carbonyl (C=O) groups is 1. The van der Waals surface area contributed by atoms with Crippen LogP contribution in [0.25, 0.3) is 0 Å². The second-order valence-electron chi connectivity index (χ2n) is 3.01. The second-order valence-corrected chi connectivity index (χ2v) is 3.01. The van der Waals surface area contributed by atoms with E-state index in [0.717, 1.165) is 5.69 Å². The molecule has 78 valence electrons. The molecule has 0 saturated heterocycles. The molecular weight excluding hydrogens is 180 g/mol. The number of hydrogen-bond acceptors (Lipinski definition) is 3. The number of nitrogens with one attached hydrogen (secondary N) is 1. The lowest BCUT2D eigenvalue weighted by Gasteiger charge is -2.02. The zero-order valence-electron chi connectivity index (χ0n) is 8.36. The number of aromatic nitrogens is 2. The summed E-state index contributed by atoms with van der Waals surface area (Å²) in [5, 5.41) is 2.74. The van der Waals surface area contributed by atoms with Crippen molar-refractivity contribution < 1.29 is 4.79 Å². The van der Waals surface area contributed by atoms with Gasteiger partial charge in [-0.2, -0.15) is 0 Å². The van der Waals surface area contributed by atoms with E-state index in [9.17, 15) is 4.79 Å². The molecule has 3 N–H and O–H groups in total. The standard InChI is InChI=1S/C9H16N4O/c1-2-11-9(14)3-4-13-6-8(5-10)12-7-13/h6-7H,2-5,10H2,1H3,(H,11,14). The van der Waals surface area contributed by atoms with Gasteiger partial charge in [-0.25, -0.2) is 4.98 Å². The number of nitrogens with two attached hydrogens (primary N) is 1. The van der Waals surface area contributed by atoms with E-state index in [0.29, 0.717) is 26.1 Å². The van der Waals surface area contributed by atoms with Crippen molar-refractivity contribution >= 4 is 5.91 Å². The average Bonchev–Trinajstić information content (AvgIpc) is 2.63. The van der Waals surface area contributed by atoms with Gasteiger partial charge in [0.15, 0.2) is 0 Å². The summed E-state index contributed by atoms with van der Waals surface area (Å²) in [6, 6.07) is 0. The van der Waals surface area contributed by atoms with Crippen LogP contribution in [-0.2, 0) is 17.9 Å². The maximum Gasteiger partial charge on any atom is 0.221 e. The van der Waals surface area contributed by atoms with Gasteiger partial charge in [-0.15, -0.1) is 0 Å². The molecule has 0 radical (unpaired) electrons. The van der Waals surface area contributed by atoms with Crippen molar-refractivity contribution in [1.29, 1.82) is 0 Å². The second kappa shape index (κ2) is 5.39. The van der Waals surface area contributed by atoms with Gasteiger partial charge >= 0.3 is 0 Å². The smallest absolute Gasteiger partial charge is 0.221 e. The Kier molecular flexibility index (Phi) is 4.12. The molecule has 1 amide bonds. The van der Waals surface area contributed by atoms with Crippen molar-refractivity contribution in [2.45, 2.75) is 26.4 Å². The summed E-state index contributed by atoms with van der Waals surface area (Å²) in [6.45, 7) is 3.67. The minimum absolute atomic E-state index is 0.0653. The first-order chi connectivity index (χ1) is 6.76. The predicted molar refractivity (Wildman–Crippen MR) is 53.4 cm³/mol. The van der Waals surface area contributed by atoms with Crippen LogP contribution in [0.1, 0.15) is 19.0 Å². The molecule has 1 rings (SSSR count). The van der Waals surface area contributed by atoms with Gasteiger partial charge in [-0.3, -0.25) is 4.79 Å². The minimum atomic E-state index is 0.0653. The van der Waals surface area contributed by atoms with Crippen LogP contribution in [0.4, 0.5) is 0 Å². The van der Waals surface area contributed by atoms with Crippen molar-refractivity contribution in [2.75, 3.05) is 6.54 Å². The Balaban J connectivity index is 2.34. The lowest BCUT2D eigenvalue weighted by Crippen LogP contribution is -2.23. The Hall–Kier alpha value is -1.36. The molecule has 1 aromatic rings. The molecule has 0 aliphatic rings. The van der Waals surface area contributed by atoms with E-state index in [-0.39, 0.29) is 5.91 Å². The average molecular weight is 196 g/mol. The lowest BCUT2D eigenvalue weighted by molar-refractivity contribution is -0.121. The Bertz CT molecular complexity index is 295. The molecule has 5 nitrogen and oxygen atoms in total. The normalized spacial score (nSPS) is 10.1.